The SMILES string of the molecule is CCCCNC(=O)CC1(C(=O)O)CCCCCC1. The predicted molar refractivity (Wildman–Crippen MR) is 70.3 cm³/mol. The molecule has 0 atom stereocenters. The van der Waals surface area contributed by atoms with Gasteiger partial charge in [-0.15, -0.1) is 0 Å². The topological polar surface area (TPSA) is 66.4 Å². The van der Waals surface area contributed by atoms with Gasteiger partial charge in [0, 0.05) is 13.0 Å². The molecule has 4 heteroatoms. The summed E-state index contributed by atoms with van der Waals surface area (Å²) in [6, 6.07) is 0. The first-order valence-electron chi connectivity index (χ1n) is 7.11. The normalized spacial score (nSPS) is 18.9. The lowest BCUT2D eigenvalue weighted by molar-refractivity contribution is -0.152. The van der Waals surface area contributed by atoms with E-state index >= 15 is 0 Å². The Morgan fingerprint density at radius 3 is 2.28 bits per heavy atom. The van der Waals surface area contributed by atoms with E-state index in [9.17, 15) is 14.7 Å². The number of hydrogen-bond donors (Lipinski definition) is 2. The van der Waals surface area contributed by atoms with Crippen LogP contribution < -0.4 is 5.32 Å². The number of carbonyl (C=O) groups is 2. The van der Waals surface area contributed by atoms with Gasteiger partial charge in [-0.3, -0.25) is 9.59 Å². The first-order chi connectivity index (χ1) is 8.60. The molecule has 1 rings (SSSR count). The Balaban J connectivity index is 2.55. The molecule has 0 aromatic carbocycles. The number of carboxylic acid groups (broad SMARTS) is 1. The fraction of sp³-hybridized carbons (Fsp3) is 0.857. The van der Waals surface area contributed by atoms with Gasteiger partial charge in [-0.25, -0.2) is 0 Å². The highest BCUT2D eigenvalue weighted by Crippen LogP contribution is 2.38. The summed E-state index contributed by atoms with van der Waals surface area (Å²) in [4.78, 5) is 23.3. The van der Waals surface area contributed by atoms with Gasteiger partial charge in [0.15, 0.2) is 0 Å². The minimum atomic E-state index is -0.813. The number of nitrogens with one attached hydrogen (secondary N) is 1. The Labute approximate surface area is 109 Å². The second kappa shape index (κ2) is 7.39. The third kappa shape index (κ3) is 4.31. The van der Waals surface area contributed by atoms with Crippen molar-refractivity contribution in [2.45, 2.75) is 64.7 Å². The average molecular weight is 255 g/mol. The number of aliphatic carboxylic acids is 1. The van der Waals surface area contributed by atoms with Crippen LogP contribution in [-0.4, -0.2) is 23.5 Å². The van der Waals surface area contributed by atoms with Crippen LogP contribution in [0.5, 0.6) is 0 Å². The molecular formula is C14H25NO3. The van der Waals surface area contributed by atoms with Crippen molar-refractivity contribution in [3.8, 4) is 0 Å². The van der Waals surface area contributed by atoms with E-state index in [0.29, 0.717) is 19.4 Å². The highest BCUT2D eigenvalue weighted by molar-refractivity contribution is 5.84. The molecule has 1 amide bonds. The van der Waals surface area contributed by atoms with Crippen LogP contribution in [-0.2, 0) is 9.59 Å². The molecule has 0 bridgehead atoms. The van der Waals surface area contributed by atoms with Crippen LogP contribution in [0.15, 0.2) is 0 Å². The second-order valence-corrected chi connectivity index (χ2v) is 5.38. The fourth-order valence-electron chi connectivity index (χ4n) is 2.65. The zero-order valence-corrected chi connectivity index (χ0v) is 11.3. The number of carbonyl (C=O) groups excluding carboxylic acids is 1. The average Bonchev–Trinajstić information content (AvgIpc) is 2.56. The van der Waals surface area contributed by atoms with Gasteiger partial charge < -0.3 is 10.4 Å². The van der Waals surface area contributed by atoms with Crippen LogP contribution in [0, 0.1) is 5.41 Å². The number of rotatable bonds is 6. The van der Waals surface area contributed by atoms with Crippen LogP contribution in [0.2, 0.25) is 0 Å². The maximum Gasteiger partial charge on any atom is 0.310 e. The standard InChI is InChI=1S/C14H25NO3/c1-2-3-10-15-12(16)11-14(13(17)18)8-6-4-5-7-9-14/h2-11H2,1H3,(H,15,16)(H,17,18). The Morgan fingerprint density at radius 2 is 1.78 bits per heavy atom. The molecule has 0 saturated heterocycles. The van der Waals surface area contributed by atoms with Crippen molar-refractivity contribution < 1.29 is 14.7 Å². The molecule has 18 heavy (non-hydrogen) atoms. The van der Waals surface area contributed by atoms with Crippen LogP contribution in [0.25, 0.3) is 0 Å². The molecule has 1 aliphatic carbocycles. The maximum absolute atomic E-state index is 11.8. The zero-order chi connectivity index (χ0) is 13.4. The molecule has 1 fully saturated rings. The van der Waals surface area contributed by atoms with Crippen molar-refractivity contribution in [1.82, 2.24) is 5.32 Å². The second-order valence-electron chi connectivity index (χ2n) is 5.38. The molecule has 0 radical (unpaired) electrons. The molecule has 1 aliphatic rings. The Kier molecular flexibility index (Phi) is 6.16. The van der Waals surface area contributed by atoms with Crippen molar-refractivity contribution in [1.29, 1.82) is 0 Å². The summed E-state index contributed by atoms with van der Waals surface area (Å²) in [5.74, 6) is -0.900. The molecule has 0 aromatic heterocycles. The largest absolute Gasteiger partial charge is 0.481 e. The number of hydrogen-bond acceptors (Lipinski definition) is 2. The highest BCUT2D eigenvalue weighted by Gasteiger charge is 2.40. The molecule has 1 saturated carbocycles. The Bertz CT molecular complexity index is 281. The minimum Gasteiger partial charge on any atom is -0.481 e. The van der Waals surface area contributed by atoms with Crippen molar-refractivity contribution >= 4 is 11.9 Å². The molecule has 0 unspecified atom stereocenters. The first kappa shape index (κ1) is 15.0. The van der Waals surface area contributed by atoms with Gasteiger partial charge in [0.25, 0.3) is 0 Å². The summed E-state index contributed by atoms with van der Waals surface area (Å²) in [5.41, 5.74) is -0.813. The third-order valence-electron chi connectivity index (χ3n) is 3.87. The van der Waals surface area contributed by atoms with Crippen LogP contribution in [0.1, 0.15) is 64.7 Å². The van der Waals surface area contributed by atoms with Crippen LogP contribution >= 0.6 is 0 Å². The van der Waals surface area contributed by atoms with E-state index in [0.717, 1.165) is 38.5 Å². The monoisotopic (exact) mass is 255 g/mol. The fourth-order valence-corrected chi connectivity index (χ4v) is 2.65. The summed E-state index contributed by atoms with van der Waals surface area (Å²) in [5, 5.41) is 12.3. The third-order valence-corrected chi connectivity index (χ3v) is 3.87. The molecule has 4 nitrogen and oxygen atoms in total. The number of amides is 1. The van der Waals surface area contributed by atoms with E-state index in [4.69, 9.17) is 0 Å². The lowest BCUT2D eigenvalue weighted by atomic mass is 9.77. The van der Waals surface area contributed by atoms with Gasteiger partial charge in [0.2, 0.25) is 5.91 Å². The lowest BCUT2D eigenvalue weighted by Crippen LogP contribution is -2.37. The molecular weight excluding hydrogens is 230 g/mol. The number of unbranched alkanes of at least 4 members (excludes halogenated alkanes) is 1. The Morgan fingerprint density at radius 1 is 1.17 bits per heavy atom. The molecule has 104 valence electrons. The first-order valence-corrected chi connectivity index (χ1v) is 7.11. The summed E-state index contributed by atoms with van der Waals surface area (Å²) in [6.45, 7) is 2.72. The summed E-state index contributed by atoms with van der Waals surface area (Å²) in [7, 11) is 0. The van der Waals surface area contributed by atoms with Gasteiger partial charge in [-0.2, -0.15) is 0 Å². The van der Waals surface area contributed by atoms with E-state index in [-0.39, 0.29) is 12.3 Å². The van der Waals surface area contributed by atoms with Crippen molar-refractivity contribution in [3.63, 3.8) is 0 Å². The van der Waals surface area contributed by atoms with Crippen LogP contribution in [0.4, 0.5) is 0 Å². The van der Waals surface area contributed by atoms with Crippen molar-refractivity contribution in [2.75, 3.05) is 6.54 Å². The predicted octanol–water partition coefficient (Wildman–Crippen LogP) is 2.72. The van der Waals surface area contributed by atoms with E-state index < -0.39 is 11.4 Å². The minimum absolute atomic E-state index is 0.104. The maximum atomic E-state index is 11.8. The number of carboxylic acids is 1. The van der Waals surface area contributed by atoms with E-state index in [1.165, 1.54) is 0 Å². The van der Waals surface area contributed by atoms with Gasteiger partial charge in [0.1, 0.15) is 0 Å². The Hall–Kier alpha value is -1.06. The highest BCUT2D eigenvalue weighted by atomic mass is 16.4. The van der Waals surface area contributed by atoms with Gasteiger partial charge >= 0.3 is 5.97 Å². The van der Waals surface area contributed by atoms with Gasteiger partial charge in [-0.05, 0) is 19.3 Å². The molecule has 2 N–H and O–H groups in total. The molecule has 0 aliphatic heterocycles. The van der Waals surface area contributed by atoms with Crippen molar-refractivity contribution in [2.24, 2.45) is 5.41 Å². The van der Waals surface area contributed by atoms with E-state index in [1.54, 1.807) is 0 Å². The van der Waals surface area contributed by atoms with Gasteiger partial charge in [-0.1, -0.05) is 39.0 Å². The molecule has 0 spiro atoms. The van der Waals surface area contributed by atoms with E-state index in [2.05, 4.69) is 12.2 Å². The van der Waals surface area contributed by atoms with Crippen molar-refractivity contribution in [3.05, 3.63) is 0 Å². The summed E-state index contributed by atoms with van der Waals surface area (Å²) < 4.78 is 0. The molecule has 0 heterocycles. The lowest BCUT2D eigenvalue weighted by Gasteiger charge is -2.27. The van der Waals surface area contributed by atoms with Crippen LogP contribution in [0.3, 0.4) is 0 Å². The zero-order valence-electron chi connectivity index (χ0n) is 11.3. The smallest absolute Gasteiger partial charge is 0.310 e. The quantitative estimate of drug-likeness (QED) is 0.566. The van der Waals surface area contributed by atoms with Gasteiger partial charge in [0.05, 0.1) is 5.41 Å². The summed E-state index contributed by atoms with van der Waals surface area (Å²) in [6.07, 6.45) is 7.44. The summed E-state index contributed by atoms with van der Waals surface area (Å²) >= 11 is 0. The van der Waals surface area contributed by atoms with E-state index in [1.807, 2.05) is 0 Å². The molecule has 0 aromatic rings.